The van der Waals surface area contributed by atoms with E-state index in [-0.39, 0.29) is 11.1 Å². The molecular formula is C21H22F3NO7. The molecule has 1 aliphatic carbocycles. The fraction of sp³-hybridized carbons (Fsp3) is 0.381. The number of alkyl halides is 3. The van der Waals surface area contributed by atoms with Crippen molar-refractivity contribution in [1.29, 1.82) is 0 Å². The molecule has 174 valence electrons. The van der Waals surface area contributed by atoms with Crippen LogP contribution in [0.25, 0.3) is 11.1 Å². The second-order valence-corrected chi connectivity index (χ2v) is 7.45. The van der Waals surface area contributed by atoms with Crippen molar-refractivity contribution >= 4 is 5.91 Å². The quantitative estimate of drug-likeness (QED) is 0.347. The van der Waals surface area contributed by atoms with E-state index in [1.807, 2.05) is 0 Å². The van der Waals surface area contributed by atoms with Crippen molar-refractivity contribution in [3.63, 3.8) is 0 Å². The Morgan fingerprint density at radius 2 is 1.84 bits per heavy atom. The highest BCUT2D eigenvalue weighted by Crippen LogP contribution is 2.44. The van der Waals surface area contributed by atoms with Gasteiger partial charge in [-0.3, -0.25) is 4.79 Å². The number of aliphatic hydroxyl groups excluding tert-OH is 4. The van der Waals surface area contributed by atoms with Crippen molar-refractivity contribution < 1.29 is 48.2 Å². The number of aliphatic hydroxyl groups is 5. The van der Waals surface area contributed by atoms with E-state index in [1.54, 1.807) is 0 Å². The zero-order valence-electron chi connectivity index (χ0n) is 16.7. The Kier molecular flexibility index (Phi) is 6.50. The Morgan fingerprint density at radius 3 is 2.44 bits per heavy atom. The number of hydrogen-bond acceptors (Lipinski definition) is 7. The molecule has 0 aliphatic heterocycles. The molecule has 0 bridgehead atoms. The van der Waals surface area contributed by atoms with Crippen LogP contribution in [0.3, 0.4) is 0 Å². The maximum Gasteiger partial charge on any atom is 0.419 e. The van der Waals surface area contributed by atoms with E-state index in [4.69, 9.17) is 4.74 Å². The van der Waals surface area contributed by atoms with E-state index in [0.717, 1.165) is 12.1 Å². The van der Waals surface area contributed by atoms with Gasteiger partial charge in [-0.05, 0) is 35.4 Å². The third-order valence-electron chi connectivity index (χ3n) is 5.60. The predicted octanol–water partition coefficient (Wildman–Crippen LogP) is 0.504. The zero-order chi connectivity index (χ0) is 23.8. The molecule has 11 heteroatoms. The third kappa shape index (κ3) is 4.05. The Labute approximate surface area is 180 Å². The van der Waals surface area contributed by atoms with Crippen LogP contribution in [-0.4, -0.2) is 69.2 Å². The lowest BCUT2D eigenvalue weighted by Crippen LogP contribution is -2.76. The number of amides is 1. The standard InChI is InChI=1S/C21H22F3NO7/c1-25-18(29)12-4-2-3-10(7-12)11-5-6-15(13(8-11)21(22,23)24)32-19(30)20(31)14(9-26)16(27)17(20)28/h2-8,14,16-17,19,26-28,30-31H,9H2,1H3,(H,25,29). The first-order chi connectivity index (χ1) is 14.9. The maximum atomic E-state index is 13.7. The molecule has 32 heavy (non-hydrogen) atoms. The minimum atomic E-state index is -4.92. The average Bonchev–Trinajstić information content (AvgIpc) is 2.77. The molecule has 6 N–H and O–H groups in total. The highest BCUT2D eigenvalue weighted by Gasteiger charge is 2.65. The van der Waals surface area contributed by atoms with E-state index in [2.05, 4.69) is 5.32 Å². The summed E-state index contributed by atoms with van der Waals surface area (Å²) in [5.41, 5.74) is -3.18. The molecule has 2 aromatic carbocycles. The van der Waals surface area contributed by atoms with Gasteiger partial charge in [-0.1, -0.05) is 18.2 Å². The summed E-state index contributed by atoms with van der Waals surface area (Å²) in [6.07, 6.45) is -10.8. The van der Waals surface area contributed by atoms with Crippen LogP contribution in [0.4, 0.5) is 13.2 Å². The molecule has 0 heterocycles. The average molecular weight is 457 g/mol. The van der Waals surface area contributed by atoms with Crippen LogP contribution < -0.4 is 10.1 Å². The van der Waals surface area contributed by atoms with Crippen molar-refractivity contribution in [2.45, 2.75) is 30.3 Å². The number of nitrogens with one attached hydrogen (secondary N) is 1. The number of hydrogen-bond donors (Lipinski definition) is 6. The van der Waals surface area contributed by atoms with Crippen LogP contribution in [0.15, 0.2) is 42.5 Å². The highest BCUT2D eigenvalue weighted by atomic mass is 19.4. The molecule has 0 saturated heterocycles. The van der Waals surface area contributed by atoms with Gasteiger partial charge in [-0.15, -0.1) is 0 Å². The van der Waals surface area contributed by atoms with Gasteiger partial charge in [0.25, 0.3) is 5.91 Å². The van der Waals surface area contributed by atoms with Gasteiger partial charge < -0.3 is 35.6 Å². The monoisotopic (exact) mass is 457 g/mol. The number of rotatable bonds is 6. The molecule has 2 aromatic rings. The summed E-state index contributed by atoms with van der Waals surface area (Å²) < 4.78 is 46.1. The van der Waals surface area contributed by atoms with Gasteiger partial charge in [0, 0.05) is 18.5 Å². The second-order valence-electron chi connectivity index (χ2n) is 7.45. The normalized spacial score (nSPS) is 26.2. The van der Waals surface area contributed by atoms with E-state index >= 15 is 0 Å². The van der Waals surface area contributed by atoms with Gasteiger partial charge in [-0.25, -0.2) is 0 Å². The summed E-state index contributed by atoms with van der Waals surface area (Å²) >= 11 is 0. The summed E-state index contributed by atoms with van der Waals surface area (Å²) in [5, 5.41) is 51.7. The molecular weight excluding hydrogens is 435 g/mol. The van der Waals surface area contributed by atoms with Crippen LogP contribution in [0.1, 0.15) is 15.9 Å². The first kappa shape index (κ1) is 24.0. The van der Waals surface area contributed by atoms with E-state index in [9.17, 15) is 43.5 Å². The number of carbonyl (C=O) groups is 1. The third-order valence-corrected chi connectivity index (χ3v) is 5.60. The molecule has 1 aliphatic rings. The van der Waals surface area contributed by atoms with Gasteiger partial charge in [0.1, 0.15) is 11.9 Å². The number of carbonyl (C=O) groups excluding carboxylic acids is 1. The Hall–Kier alpha value is -2.70. The number of ether oxygens (including phenoxy) is 1. The first-order valence-electron chi connectivity index (χ1n) is 9.53. The van der Waals surface area contributed by atoms with Crippen molar-refractivity contribution in [1.82, 2.24) is 5.32 Å². The van der Waals surface area contributed by atoms with Crippen LogP contribution in [0.2, 0.25) is 0 Å². The molecule has 0 spiro atoms. The topological polar surface area (TPSA) is 139 Å². The summed E-state index contributed by atoms with van der Waals surface area (Å²) in [6, 6.07) is 8.87. The SMILES string of the molecule is CNC(=O)c1cccc(-c2ccc(OC(O)C3(O)C(O)C(O)C3CO)c(C(F)(F)F)c2)c1. The van der Waals surface area contributed by atoms with Gasteiger partial charge in [0.05, 0.1) is 18.3 Å². The zero-order valence-corrected chi connectivity index (χ0v) is 16.7. The fourth-order valence-corrected chi connectivity index (χ4v) is 3.68. The lowest BCUT2D eigenvalue weighted by molar-refractivity contribution is -0.332. The lowest BCUT2D eigenvalue weighted by atomic mass is 9.64. The molecule has 5 atom stereocenters. The summed E-state index contributed by atoms with van der Waals surface area (Å²) in [7, 11) is 1.42. The maximum absolute atomic E-state index is 13.7. The highest BCUT2D eigenvalue weighted by molar-refractivity contribution is 5.95. The molecule has 8 nitrogen and oxygen atoms in total. The van der Waals surface area contributed by atoms with Crippen LogP contribution in [0.5, 0.6) is 5.75 Å². The molecule has 0 radical (unpaired) electrons. The van der Waals surface area contributed by atoms with Gasteiger partial charge in [-0.2, -0.15) is 13.2 Å². The van der Waals surface area contributed by atoms with Crippen LogP contribution >= 0.6 is 0 Å². The minimum absolute atomic E-state index is 0.107. The lowest BCUT2D eigenvalue weighted by Gasteiger charge is -2.53. The summed E-state index contributed by atoms with van der Waals surface area (Å²) in [4.78, 5) is 11.8. The van der Waals surface area contributed by atoms with Crippen molar-refractivity contribution in [2.24, 2.45) is 5.92 Å². The predicted molar refractivity (Wildman–Crippen MR) is 104 cm³/mol. The Balaban J connectivity index is 1.96. The molecule has 1 saturated carbocycles. The van der Waals surface area contributed by atoms with E-state index in [1.165, 1.54) is 37.4 Å². The molecule has 1 fully saturated rings. The minimum Gasteiger partial charge on any atom is -0.461 e. The molecule has 5 unspecified atom stereocenters. The van der Waals surface area contributed by atoms with Gasteiger partial charge >= 0.3 is 6.18 Å². The van der Waals surface area contributed by atoms with E-state index < -0.39 is 60.0 Å². The van der Waals surface area contributed by atoms with Gasteiger partial charge in [0.2, 0.25) is 6.29 Å². The Bertz CT molecular complexity index is 1000. The van der Waals surface area contributed by atoms with Gasteiger partial charge in [0.15, 0.2) is 5.60 Å². The van der Waals surface area contributed by atoms with Crippen molar-refractivity contribution in [3.05, 3.63) is 53.6 Å². The Morgan fingerprint density at radius 1 is 1.19 bits per heavy atom. The van der Waals surface area contributed by atoms with Crippen molar-refractivity contribution in [2.75, 3.05) is 13.7 Å². The molecule has 0 aromatic heterocycles. The second kappa shape index (κ2) is 8.68. The molecule has 1 amide bonds. The van der Waals surface area contributed by atoms with Crippen molar-refractivity contribution in [3.8, 4) is 16.9 Å². The fourth-order valence-electron chi connectivity index (χ4n) is 3.68. The largest absolute Gasteiger partial charge is 0.461 e. The number of benzene rings is 2. The van der Waals surface area contributed by atoms with Crippen LogP contribution in [-0.2, 0) is 6.18 Å². The first-order valence-corrected chi connectivity index (χ1v) is 9.53. The summed E-state index contributed by atoms with van der Waals surface area (Å²) in [6.45, 7) is -0.845. The smallest absolute Gasteiger partial charge is 0.419 e. The number of halogens is 3. The molecule has 3 rings (SSSR count). The summed E-state index contributed by atoms with van der Waals surface area (Å²) in [5.74, 6) is -2.68. The van der Waals surface area contributed by atoms with E-state index in [0.29, 0.717) is 5.56 Å². The van der Waals surface area contributed by atoms with Crippen LogP contribution in [0, 0.1) is 5.92 Å².